The molecule has 0 fully saturated rings. The summed E-state index contributed by atoms with van der Waals surface area (Å²) < 4.78 is 6.05. The summed E-state index contributed by atoms with van der Waals surface area (Å²) in [5, 5.41) is 4.78. The third-order valence-electron chi connectivity index (χ3n) is 3.90. The van der Waals surface area contributed by atoms with Crippen LogP contribution in [0.1, 0.15) is 57.4 Å². The first-order valence-corrected chi connectivity index (χ1v) is 7.87. The fourth-order valence-electron chi connectivity index (χ4n) is 2.91. The normalized spacial score (nSPS) is 14.6. The summed E-state index contributed by atoms with van der Waals surface area (Å²) in [7, 11) is 0. The summed E-state index contributed by atoms with van der Waals surface area (Å²) in [5.41, 5.74) is 2.28. The van der Waals surface area contributed by atoms with Crippen molar-refractivity contribution in [1.82, 2.24) is 5.32 Å². The quantitative estimate of drug-likeness (QED) is 0.748. The van der Waals surface area contributed by atoms with Crippen molar-refractivity contribution >= 4 is 11.0 Å². The molecule has 0 aliphatic carbocycles. The zero-order valence-electron chi connectivity index (χ0n) is 13.2. The second-order valence-corrected chi connectivity index (χ2v) is 5.93. The molecule has 1 aromatic carbocycles. The molecule has 0 aliphatic heterocycles. The van der Waals surface area contributed by atoms with Crippen LogP contribution in [0.15, 0.2) is 28.7 Å². The maximum absolute atomic E-state index is 6.05. The molecule has 2 nitrogen and oxygen atoms in total. The van der Waals surface area contributed by atoms with Crippen molar-refractivity contribution in [2.75, 3.05) is 6.54 Å². The molecule has 0 aliphatic rings. The lowest BCUT2D eigenvalue weighted by Crippen LogP contribution is -2.22. The number of hydrogen-bond acceptors (Lipinski definition) is 2. The van der Waals surface area contributed by atoms with Crippen LogP contribution in [0.5, 0.6) is 0 Å². The Kier molecular flexibility index (Phi) is 5.24. The molecule has 0 saturated heterocycles. The van der Waals surface area contributed by atoms with Crippen LogP contribution in [0.2, 0.25) is 0 Å². The summed E-state index contributed by atoms with van der Waals surface area (Å²) in [6.07, 6.45) is 3.67. The third-order valence-corrected chi connectivity index (χ3v) is 3.90. The summed E-state index contributed by atoms with van der Waals surface area (Å²) in [5.74, 6) is 1.80. The highest BCUT2D eigenvalue weighted by Gasteiger charge is 2.18. The molecule has 110 valence electrons. The Labute approximate surface area is 122 Å². The predicted octanol–water partition coefficient (Wildman–Crippen LogP) is 5.22. The fraction of sp³-hybridized carbons (Fsp3) is 0.556. The monoisotopic (exact) mass is 273 g/mol. The average molecular weight is 273 g/mol. The van der Waals surface area contributed by atoms with Gasteiger partial charge in [-0.2, -0.15) is 0 Å². The van der Waals surface area contributed by atoms with Crippen LogP contribution < -0.4 is 5.32 Å². The van der Waals surface area contributed by atoms with E-state index in [1.165, 1.54) is 23.8 Å². The van der Waals surface area contributed by atoms with E-state index in [0.717, 1.165) is 30.2 Å². The molecule has 2 unspecified atom stereocenters. The number of furan rings is 1. The van der Waals surface area contributed by atoms with Gasteiger partial charge in [0.15, 0.2) is 0 Å². The zero-order valence-corrected chi connectivity index (χ0v) is 13.2. The van der Waals surface area contributed by atoms with Crippen LogP contribution in [0.3, 0.4) is 0 Å². The molecule has 2 heteroatoms. The molecule has 1 aromatic heterocycles. The number of aryl methyl sites for hydroxylation is 1. The van der Waals surface area contributed by atoms with Crippen molar-refractivity contribution in [2.45, 2.75) is 53.0 Å². The Morgan fingerprint density at radius 2 is 2.00 bits per heavy atom. The van der Waals surface area contributed by atoms with Crippen molar-refractivity contribution in [3.05, 3.63) is 35.6 Å². The van der Waals surface area contributed by atoms with Gasteiger partial charge < -0.3 is 9.73 Å². The van der Waals surface area contributed by atoms with Crippen LogP contribution in [0.25, 0.3) is 11.0 Å². The highest BCUT2D eigenvalue weighted by Crippen LogP contribution is 2.29. The summed E-state index contributed by atoms with van der Waals surface area (Å²) in [6.45, 7) is 9.84. The molecule has 20 heavy (non-hydrogen) atoms. The summed E-state index contributed by atoms with van der Waals surface area (Å²) >= 11 is 0. The summed E-state index contributed by atoms with van der Waals surface area (Å²) in [4.78, 5) is 0. The lowest BCUT2D eigenvalue weighted by atomic mass is 9.96. The van der Waals surface area contributed by atoms with Crippen LogP contribution in [-0.2, 0) is 0 Å². The van der Waals surface area contributed by atoms with Crippen LogP contribution in [0, 0.1) is 12.8 Å². The van der Waals surface area contributed by atoms with Crippen molar-refractivity contribution in [2.24, 2.45) is 5.92 Å². The van der Waals surface area contributed by atoms with Crippen molar-refractivity contribution in [3.63, 3.8) is 0 Å². The maximum atomic E-state index is 6.05. The van der Waals surface area contributed by atoms with Gasteiger partial charge in [-0.1, -0.05) is 45.2 Å². The highest BCUT2D eigenvalue weighted by molar-refractivity contribution is 5.78. The predicted molar refractivity (Wildman–Crippen MR) is 86.1 cm³/mol. The Morgan fingerprint density at radius 1 is 1.20 bits per heavy atom. The van der Waals surface area contributed by atoms with E-state index in [-0.39, 0.29) is 0 Å². The maximum Gasteiger partial charge on any atom is 0.134 e. The lowest BCUT2D eigenvalue weighted by molar-refractivity contribution is 0.352. The van der Waals surface area contributed by atoms with Gasteiger partial charge in [0.05, 0.1) is 6.04 Å². The first kappa shape index (κ1) is 15.1. The van der Waals surface area contributed by atoms with Gasteiger partial charge >= 0.3 is 0 Å². The minimum absolute atomic E-state index is 0.328. The first-order valence-electron chi connectivity index (χ1n) is 7.87. The van der Waals surface area contributed by atoms with Gasteiger partial charge in [-0.15, -0.1) is 0 Å². The van der Waals surface area contributed by atoms with Gasteiger partial charge in [-0.05, 0) is 44.0 Å². The van der Waals surface area contributed by atoms with E-state index in [1.54, 1.807) is 0 Å². The molecule has 1 heterocycles. The Bertz CT molecular complexity index is 543. The average Bonchev–Trinajstić information content (AvgIpc) is 2.81. The molecule has 0 amide bonds. The van der Waals surface area contributed by atoms with E-state index in [4.69, 9.17) is 4.42 Å². The van der Waals surface area contributed by atoms with E-state index in [9.17, 15) is 0 Å². The molecule has 0 saturated carbocycles. The third kappa shape index (κ3) is 3.63. The molecule has 0 spiro atoms. The standard InChI is InChI=1S/C18H27NO/c1-5-7-13(3)11-16(19-6-2)18-12-15-10-14(4)8-9-17(15)20-18/h8-10,12-13,16,19H,5-7,11H2,1-4H3. The van der Waals surface area contributed by atoms with Gasteiger partial charge in [0, 0.05) is 5.39 Å². The molecule has 2 atom stereocenters. The minimum atomic E-state index is 0.328. The minimum Gasteiger partial charge on any atom is -0.459 e. The van der Waals surface area contributed by atoms with Gasteiger partial charge in [0.1, 0.15) is 11.3 Å². The van der Waals surface area contributed by atoms with Gasteiger partial charge in [-0.25, -0.2) is 0 Å². The molecule has 1 N–H and O–H groups in total. The molecular weight excluding hydrogens is 246 g/mol. The van der Waals surface area contributed by atoms with Crippen LogP contribution in [0.4, 0.5) is 0 Å². The lowest BCUT2D eigenvalue weighted by Gasteiger charge is -2.19. The molecular formula is C18H27NO. The van der Waals surface area contributed by atoms with Crippen molar-refractivity contribution in [3.8, 4) is 0 Å². The summed E-state index contributed by atoms with van der Waals surface area (Å²) in [6, 6.07) is 8.91. The van der Waals surface area contributed by atoms with Gasteiger partial charge in [0.2, 0.25) is 0 Å². The molecule has 2 aromatic rings. The van der Waals surface area contributed by atoms with Gasteiger partial charge in [-0.3, -0.25) is 0 Å². The smallest absolute Gasteiger partial charge is 0.134 e. The second-order valence-electron chi connectivity index (χ2n) is 5.93. The number of benzene rings is 1. The second kappa shape index (κ2) is 6.94. The molecule has 0 radical (unpaired) electrons. The number of nitrogens with one attached hydrogen (secondary N) is 1. The topological polar surface area (TPSA) is 25.2 Å². The van der Waals surface area contributed by atoms with Crippen molar-refractivity contribution < 1.29 is 4.42 Å². The zero-order chi connectivity index (χ0) is 14.5. The molecule has 2 rings (SSSR count). The number of hydrogen-bond donors (Lipinski definition) is 1. The van der Waals surface area contributed by atoms with E-state index >= 15 is 0 Å². The van der Waals surface area contributed by atoms with E-state index in [2.05, 4.69) is 57.3 Å². The Hall–Kier alpha value is -1.28. The van der Waals surface area contributed by atoms with Crippen molar-refractivity contribution in [1.29, 1.82) is 0 Å². The highest BCUT2D eigenvalue weighted by atomic mass is 16.3. The van der Waals surface area contributed by atoms with E-state index in [0.29, 0.717) is 6.04 Å². The van der Waals surface area contributed by atoms with Crippen LogP contribution >= 0.6 is 0 Å². The first-order chi connectivity index (χ1) is 9.63. The Balaban J connectivity index is 2.21. The SMILES string of the molecule is CCCC(C)CC(NCC)c1cc2cc(C)ccc2o1. The number of fused-ring (bicyclic) bond motifs is 1. The Morgan fingerprint density at radius 3 is 2.70 bits per heavy atom. The van der Waals surface area contributed by atoms with E-state index < -0.39 is 0 Å². The van der Waals surface area contributed by atoms with Crippen LogP contribution in [-0.4, -0.2) is 6.54 Å². The van der Waals surface area contributed by atoms with E-state index in [1.807, 2.05) is 0 Å². The number of rotatable bonds is 7. The fourth-order valence-corrected chi connectivity index (χ4v) is 2.91. The largest absolute Gasteiger partial charge is 0.459 e. The van der Waals surface area contributed by atoms with Gasteiger partial charge in [0.25, 0.3) is 0 Å². The molecule has 0 bridgehead atoms.